The van der Waals surface area contributed by atoms with Gasteiger partial charge in [0.1, 0.15) is 5.75 Å². The van der Waals surface area contributed by atoms with Gasteiger partial charge in [-0.15, -0.1) is 0 Å². The van der Waals surface area contributed by atoms with Crippen molar-refractivity contribution in [3.63, 3.8) is 0 Å². The number of methoxy groups -OCH3 is 2. The summed E-state index contributed by atoms with van der Waals surface area (Å²) in [5.74, 6) is 0.886. The van der Waals surface area contributed by atoms with Gasteiger partial charge in [-0.1, -0.05) is 12.1 Å². The van der Waals surface area contributed by atoms with Gasteiger partial charge in [-0.25, -0.2) is 0 Å². The van der Waals surface area contributed by atoms with Gasteiger partial charge in [0.05, 0.1) is 31.7 Å². The maximum absolute atomic E-state index is 13.8. The van der Waals surface area contributed by atoms with Crippen LogP contribution in [0.3, 0.4) is 0 Å². The summed E-state index contributed by atoms with van der Waals surface area (Å²) in [6, 6.07) is 9.70. The van der Waals surface area contributed by atoms with Crippen molar-refractivity contribution in [2.45, 2.75) is 24.8 Å². The average Bonchev–Trinajstić information content (AvgIpc) is 3.24. The minimum absolute atomic E-state index is 0.106. The van der Waals surface area contributed by atoms with Crippen LogP contribution in [0.4, 0.5) is 0 Å². The second kappa shape index (κ2) is 9.06. The van der Waals surface area contributed by atoms with Crippen molar-refractivity contribution in [1.29, 1.82) is 0 Å². The summed E-state index contributed by atoms with van der Waals surface area (Å²) in [7, 11) is 3.29. The van der Waals surface area contributed by atoms with Crippen LogP contribution in [-0.2, 0) is 26.2 Å². The van der Waals surface area contributed by atoms with Gasteiger partial charge in [0, 0.05) is 39.0 Å². The molecule has 0 bridgehead atoms. The Labute approximate surface area is 160 Å². The van der Waals surface area contributed by atoms with E-state index in [9.17, 15) is 4.79 Å². The summed E-state index contributed by atoms with van der Waals surface area (Å²) in [6.07, 6.45) is 4.62. The highest BCUT2D eigenvalue weighted by Crippen LogP contribution is 2.38. The van der Waals surface area contributed by atoms with E-state index in [0.717, 1.165) is 16.9 Å². The monoisotopic (exact) mass is 373 g/mol. The molecule has 2 heterocycles. The molecule has 0 N–H and O–H groups in total. The van der Waals surface area contributed by atoms with E-state index in [1.807, 2.05) is 35.2 Å². The van der Waals surface area contributed by atoms with Gasteiger partial charge in [0.15, 0.2) is 0 Å². The fourth-order valence-electron chi connectivity index (χ4n) is 3.62. The SMILES string of the molecule is COCCN(Cc1ccoc1)C(=O)C1(c2ccc(OC)cc2)CCOCC1. The third-order valence-electron chi connectivity index (χ3n) is 5.20. The molecule has 6 heteroatoms. The Hall–Kier alpha value is -2.31. The van der Waals surface area contributed by atoms with Crippen LogP contribution in [0.15, 0.2) is 47.3 Å². The maximum atomic E-state index is 13.8. The van der Waals surface area contributed by atoms with E-state index in [0.29, 0.717) is 45.8 Å². The molecule has 3 rings (SSSR count). The molecular weight excluding hydrogens is 346 g/mol. The molecule has 27 heavy (non-hydrogen) atoms. The normalized spacial score (nSPS) is 16.1. The summed E-state index contributed by atoms with van der Waals surface area (Å²) in [6.45, 7) is 2.65. The molecule has 2 aromatic rings. The quantitative estimate of drug-likeness (QED) is 0.712. The fourth-order valence-corrected chi connectivity index (χ4v) is 3.62. The predicted molar refractivity (Wildman–Crippen MR) is 101 cm³/mol. The van der Waals surface area contributed by atoms with E-state index >= 15 is 0 Å². The lowest BCUT2D eigenvalue weighted by atomic mass is 9.73. The van der Waals surface area contributed by atoms with Crippen molar-refractivity contribution in [2.75, 3.05) is 40.6 Å². The Morgan fingerprint density at radius 1 is 1.15 bits per heavy atom. The second-order valence-electron chi connectivity index (χ2n) is 6.77. The Morgan fingerprint density at radius 3 is 2.48 bits per heavy atom. The van der Waals surface area contributed by atoms with Gasteiger partial charge < -0.3 is 23.5 Å². The van der Waals surface area contributed by atoms with Crippen molar-refractivity contribution in [2.24, 2.45) is 0 Å². The van der Waals surface area contributed by atoms with E-state index < -0.39 is 5.41 Å². The van der Waals surface area contributed by atoms with E-state index in [1.165, 1.54) is 0 Å². The number of nitrogens with zero attached hydrogens (tertiary/aromatic N) is 1. The number of hydrogen-bond donors (Lipinski definition) is 0. The van der Waals surface area contributed by atoms with Gasteiger partial charge in [0.25, 0.3) is 0 Å². The second-order valence-corrected chi connectivity index (χ2v) is 6.77. The number of rotatable bonds is 8. The molecular formula is C21H27NO5. The molecule has 0 spiro atoms. The minimum Gasteiger partial charge on any atom is -0.497 e. The Balaban J connectivity index is 1.91. The van der Waals surface area contributed by atoms with Crippen LogP contribution in [-0.4, -0.2) is 51.4 Å². The fraction of sp³-hybridized carbons (Fsp3) is 0.476. The molecule has 1 amide bonds. The molecule has 6 nitrogen and oxygen atoms in total. The molecule has 1 aromatic carbocycles. The van der Waals surface area contributed by atoms with Crippen LogP contribution in [0, 0.1) is 0 Å². The number of benzene rings is 1. The van der Waals surface area contributed by atoms with Gasteiger partial charge >= 0.3 is 0 Å². The first-order chi connectivity index (χ1) is 13.2. The number of carbonyl (C=O) groups excluding carboxylic acids is 1. The van der Waals surface area contributed by atoms with Crippen molar-refractivity contribution < 1.29 is 23.4 Å². The van der Waals surface area contributed by atoms with E-state index in [2.05, 4.69) is 0 Å². The highest BCUT2D eigenvalue weighted by Gasteiger charge is 2.44. The summed E-state index contributed by atoms with van der Waals surface area (Å²) in [4.78, 5) is 15.6. The van der Waals surface area contributed by atoms with Crippen LogP contribution >= 0.6 is 0 Å². The van der Waals surface area contributed by atoms with E-state index in [-0.39, 0.29) is 5.91 Å². The van der Waals surface area contributed by atoms with Crippen molar-refractivity contribution >= 4 is 5.91 Å². The largest absolute Gasteiger partial charge is 0.497 e. The lowest BCUT2D eigenvalue weighted by Gasteiger charge is -2.40. The number of furan rings is 1. The van der Waals surface area contributed by atoms with Crippen molar-refractivity contribution in [3.8, 4) is 5.75 Å². The molecule has 1 fully saturated rings. The minimum atomic E-state index is -0.595. The van der Waals surface area contributed by atoms with Crippen LogP contribution in [0.25, 0.3) is 0 Å². The summed E-state index contributed by atoms with van der Waals surface area (Å²) < 4.78 is 21.3. The molecule has 1 saturated heterocycles. The Bertz CT molecular complexity index is 705. The smallest absolute Gasteiger partial charge is 0.233 e. The summed E-state index contributed by atoms with van der Waals surface area (Å²) >= 11 is 0. The van der Waals surface area contributed by atoms with Gasteiger partial charge in [-0.2, -0.15) is 0 Å². The third kappa shape index (κ3) is 4.34. The lowest BCUT2D eigenvalue weighted by Crippen LogP contribution is -2.50. The highest BCUT2D eigenvalue weighted by atomic mass is 16.5. The van der Waals surface area contributed by atoms with Gasteiger partial charge in [0.2, 0.25) is 5.91 Å². The summed E-state index contributed by atoms with van der Waals surface area (Å²) in [5.41, 5.74) is 1.38. The summed E-state index contributed by atoms with van der Waals surface area (Å²) in [5, 5.41) is 0. The molecule has 1 aliphatic heterocycles. The molecule has 0 radical (unpaired) electrons. The number of carbonyl (C=O) groups is 1. The molecule has 0 aliphatic carbocycles. The number of amides is 1. The van der Waals surface area contributed by atoms with Crippen molar-refractivity contribution in [1.82, 2.24) is 4.90 Å². The average molecular weight is 373 g/mol. The number of ether oxygens (including phenoxy) is 3. The van der Waals surface area contributed by atoms with Crippen LogP contribution in [0.5, 0.6) is 5.75 Å². The first-order valence-corrected chi connectivity index (χ1v) is 9.21. The Kier molecular flexibility index (Phi) is 6.53. The molecule has 0 saturated carbocycles. The lowest BCUT2D eigenvalue weighted by molar-refractivity contribution is -0.142. The van der Waals surface area contributed by atoms with Gasteiger partial charge in [-0.3, -0.25) is 4.79 Å². The zero-order valence-corrected chi connectivity index (χ0v) is 16.0. The van der Waals surface area contributed by atoms with E-state index in [1.54, 1.807) is 26.7 Å². The Morgan fingerprint density at radius 2 is 1.89 bits per heavy atom. The van der Waals surface area contributed by atoms with E-state index in [4.69, 9.17) is 18.6 Å². The maximum Gasteiger partial charge on any atom is 0.233 e. The topological polar surface area (TPSA) is 61.1 Å². The molecule has 146 valence electrons. The van der Waals surface area contributed by atoms with Crippen molar-refractivity contribution in [3.05, 3.63) is 54.0 Å². The third-order valence-corrected chi connectivity index (χ3v) is 5.20. The molecule has 1 aromatic heterocycles. The van der Waals surface area contributed by atoms with Crippen LogP contribution in [0.2, 0.25) is 0 Å². The highest BCUT2D eigenvalue weighted by molar-refractivity contribution is 5.88. The zero-order valence-electron chi connectivity index (χ0n) is 16.0. The predicted octanol–water partition coefficient (Wildman–Crippen LogP) is 3.01. The van der Waals surface area contributed by atoms with Gasteiger partial charge in [-0.05, 0) is 36.6 Å². The first-order valence-electron chi connectivity index (χ1n) is 9.21. The number of hydrogen-bond acceptors (Lipinski definition) is 5. The molecule has 1 aliphatic rings. The van der Waals surface area contributed by atoms with Crippen LogP contribution in [0.1, 0.15) is 24.0 Å². The molecule has 0 unspecified atom stereocenters. The molecule has 0 atom stereocenters. The standard InChI is InChI=1S/C21H27NO5/c1-24-14-10-22(15-17-7-11-27-16-17)20(23)21(8-12-26-13-9-21)18-3-5-19(25-2)6-4-18/h3-7,11,16H,8-10,12-15H2,1-2H3. The van der Waals surface area contributed by atoms with Crippen LogP contribution < -0.4 is 4.74 Å². The zero-order chi connectivity index (χ0) is 19.1. The first kappa shape index (κ1) is 19.5.